The fourth-order valence-electron chi connectivity index (χ4n) is 4.29. The smallest absolute Gasteiger partial charge is 0.292 e. The first-order chi connectivity index (χ1) is 15.2. The number of nitrogens with one attached hydrogen (secondary N) is 1. The Labute approximate surface area is 198 Å². The van der Waals surface area contributed by atoms with Crippen LogP contribution in [0.3, 0.4) is 0 Å². The first kappa shape index (κ1) is 26.4. The van der Waals surface area contributed by atoms with Gasteiger partial charge in [-0.05, 0) is 91.3 Å². The standard InChI is InChI=1S/C24H36N2OS.C2H4O2/c1-17-6-8-19(9-7-17)23(27)26(20-11-14-25-15-12-20)22-16-21(28-18(22)2)10-13-24(3,4)5;1-4-2-3/h16-17,19-20,25H,6-9,11-12,14-15H2,1-5H3;2H,1H3. The predicted molar refractivity (Wildman–Crippen MR) is 133 cm³/mol. The summed E-state index contributed by atoms with van der Waals surface area (Å²) in [6, 6.07) is 2.48. The molecule has 2 aliphatic rings. The summed E-state index contributed by atoms with van der Waals surface area (Å²) >= 11 is 1.73. The van der Waals surface area contributed by atoms with E-state index < -0.39 is 0 Å². The second-order valence-corrected chi connectivity index (χ2v) is 11.3. The molecule has 32 heavy (non-hydrogen) atoms. The highest BCUT2D eigenvalue weighted by Crippen LogP contribution is 2.37. The number of thiophene rings is 1. The van der Waals surface area contributed by atoms with Gasteiger partial charge in [-0.3, -0.25) is 9.59 Å². The highest BCUT2D eigenvalue weighted by molar-refractivity contribution is 7.13. The molecule has 1 aromatic rings. The van der Waals surface area contributed by atoms with Crippen molar-refractivity contribution in [1.29, 1.82) is 0 Å². The van der Waals surface area contributed by atoms with E-state index in [0.29, 0.717) is 18.4 Å². The molecule has 0 bridgehead atoms. The number of methoxy groups -OCH3 is 1. The number of nitrogens with zero attached hydrogens (tertiary/aromatic N) is 1. The SMILES string of the molecule is COC=O.Cc1sc(C#CC(C)(C)C)cc1N(C(=O)C1CCC(C)CC1)C1CCNCC1. The minimum atomic E-state index is -0.0125. The molecule has 1 saturated heterocycles. The summed E-state index contributed by atoms with van der Waals surface area (Å²) in [5, 5.41) is 3.44. The van der Waals surface area contributed by atoms with Crippen molar-refractivity contribution in [1.82, 2.24) is 5.32 Å². The summed E-state index contributed by atoms with van der Waals surface area (Å²) in [5.74, 6) is 8.00. The van der Waals surface area contributed by atoms with E-state index >= 15 is 0 Å². The van der Waals surface area contributed by atoms with E-state index in [4.69, 9.17) is 4.79 Å². The van der Waals surface area contributed by atoms with Gasteiger partial charge in [-0.2, -0.15) is 0 Å². The first-order valence-corrected chi connectivity index (χ1v) is 12.6. The lowest BCUT2D eigenvalue weighted by molar-refractivity contribution is -0.126. The van der Waals surface area contributed by atoms with Crippen molar-refractivity contribution in [3.8, 4) is 11.8 Å². The number of ether oxygens (including phenoxy) is 1. The third-order valence-corrected chi connectivity index (χ3v) is 7.04. The average molecular weight is 461 g/mol. The normalized spacial score (nSPS) is 21.4. The number of amides is 1. The van der Waals surface area contributed by atoms with Crippen LogP contribution in [0.1, 0.15) is 76.0 Å². The van der Waals surface area contributed by atoms with Crippen molar-refractivity contribution >= 4 is 29.4 Å². The quantitative estimate of drug-likeness (QED) is 0.498. The highest BCUT2D eigenvalue weighted by Gasteiger charge is 2.34. The minimum Gasteiger partial charge on any atom is -0.471 e. The van der Waals surface area contributed by atoms with E-state index in [0.717, 1.165) is 55.3 Å². The largest absolute Gasteiger partial charge is 0.471 e. The van der Waals surface area contributed by atoms with E-state index in [1.54, 1.807) is 11.3 Å². The Bertz CT molecular complexity index is 801. The molecule has 1 saturated carbocycles. The molecule has 2 fully saturated rings. The molecule has 1 aromatic heterocycles. The lowest BCUT2D eigenvalue weighted by Crippen LogP contribution is -2.49. The topological polar surface area (TPSA) is 58.6 Å². The number of anilines is 1. The summed E-state index contributed by atoms with van der Waals surface area (Å²) in [4.78, 5) is 27.1. The Hall–Kier alpha value is -1.84. The van der Waals surface area contributed by atoms with Crippen LogP contribution in [0.4, 0.5) is 5.69 Å². The zero-order chi connectivity index (χ0) is 23.7. The zero-order valence-corrected chi connectivity index (χ0v) is 21.4. The molecule has 2 heterocycles. The number of carbonyl (C=O) groups excluding carboxylic acids is 2. The molecule has 5 nitrogen and oxygen atoms in total. The fraction of sp³-hybridized carbons (Fsp3) is 0.692. The zero-order valence-electron chi connectivity index (χ0n) is 20.6. The van der Waals surface area contributed by atoms with E-state index in [1.165, 1.54) is 24.8 Å². The van der Waals surface area contributed by atoms with Crippen LogP contribution in [0.15, 0.2) is 6.07 Å². The van der Waals surface area contributed by atoms with E-state index in [9.17, 15) is 4.79 Å². The van der Waals surface area contributed by atoms with Gasteiger partial charge < -0.3 is 15.0 Å². The van der Waals surface area contributed by atoms with Crippen molar-refractivity contribution in [2.45, 2.75) is 79.2 Å². The minimum absolute atomic E-state index is 0.0125. The molecular weight excluding hydrogens is 420 g/mol. The van der Waals surface area contributed by atoms with Gasteiger partial charge in [0.1, 0.15) is 0 Å². The van der Waals surface area contributed by atoms with Gasteiger partial charge >= 0.3 is 0 Å². The average Bonchev–Trinajstić information content (AvgIpc) is 3.13. The van der Waals surface area contributed by atoms with Crippen molar-refractivity contribution < 1.29 is 14.3 Å². The summed E-state index contributed by atoms with van der Waals surface area (Å²) in [6.45, 7) is 13.2. The number of piperidine rings is 1. The van der Waals surface area contributed by atoms with Gasteiger partial charge in [0.2, 0.25) is 5.91 Å². The molecule has 1 aliphatic heterocycles. The van der Waals surface area contributed by atoms with Crippen LogP contribution in [0.25, 0.3) is 0 Å². The van der Waals surface area contributed by atoms with Crippen LogP contribution in [-0.2, 0) is 14.3 Å². The Morgan fingerprint density at radius 1 is 1.19 bits per heavy atom. The van der Waals surface area contributed by atoms with Crippen LogP contribution in [-0.4, -0.2) is 38.6 Å². The van der Waals surface area contributed by atoms with E-state index in [2.05, 4.69) is 67.5 Å². The van der Waals surface area contributed by atoms with Gasteiger partial charge in [-0.25, -0.2) is 0 Å². The van der Waals surface area contributed by atoms with Gasteiger partial charge in [-0.1, -0.05) is 18.8 Å². The molecule has 178 valence electrons. The van der Waals surface area contributed by atoms with Gasteiger partial charge in [-0.15, -0.1) is 11.3 Å². The van der Waals surface area contributed by atoms with Crippen molar-refractivity contribution in [2.24, 2.45) is 17.3 Å². The van der Waals surface area contributed by atoms with Crippen molar-refractivity contribution in [2.75, 3.05) is 25.1 Å². The maximum Gasteiger partial charge on any atom is 0.292 e. The van der Waals surface area contributed by atoms with Crippen LogP contribution < -0.4 is 10.2 Å². The van der Waals surface area contributed by atoms with Crippen molar-refractivity contribution in [3.63, 3.8) is 0 Å². The molecule has 1 amide bonds. The van der Waals surface area contributed by atoms with Gasteiger partial charge in [0.25, 0.3) is 6.47 Å². The molecule has 6 heteroatoms. The van der Waals surface area contributed by atoms with Gasteiger partial charge in [0.15, 0.2) is 0 Å². The molecular formula is C26H40N2O3S. The number of carbonyl (C=O) groups is 2. The molecule has 0 aromatic carbocycles. The van der Waals surface area contributed by atoms with Gasteiger partial charge in [0.05, 0.1) is 17.7 Å². The van der Waals surface area contributed by atoms with Crippen LogP contribution in [0.2, 0.25) is 0 Å². The van der Waals surface area contributed by atoms with Crippen LogP contribution in [0.5, 0.6) is 0 Å². The van der Waals surface area contributed by atoms with E-state index in [-0.39, 0.29) is 11.3 Å². The summed E-state index contributed by atoms with van der Waals surface area (Å²) in [5.41, 5.74) is 1.10. The number of hydrogen-bond donors (Lipinski definition) is 1. The summed E-state index contributed by atoms with van der Waals surface area (Å²) < 4.78 is 3.86. The Balaban J connectivity index is 0.000000837. The molecule has 0 radical (unpaired) electrons. The molecule has 3 rings (SSSR count). The molecule has 1 aliphatic carbocycles. The molecule has 0 atom stereocenters. The first-order valence-electron chi connectivity index (χ1n) is 11.8. The summed E-state index contributed by atoms with van der Waals surface area (Å²) in [7, 11) is 1.31. The lowest BCUT2D eigenvalue weighted by Gasteiger charge is -2.38. The number of rotatable bonds is 4. The van der Waals surface area contributed by atoms with Crippen LogP contribution in [0, 0.1) is 36.0 Å². The van der Waals surface area contributed by atoms with Crippen molar-refractivity contribution in [3.05, 3.63) is 15.8 Å². The molecule has 0 spiro atoms. The second-order valence-electron chi connectivity index (χ2n) is 10.0. The third kappa shape index (κ3) is 7.94. The van der Waals surface area contributed by atoms with Crippen LogP contribution >= 0.6 is 11.3 Å². The second kappa shape index (κ2) is 12.4. The number of hydrogen-bond acceptors (Lipinski definition) is 5. The Morgan fingerprint density at radius 2 is 1.78 bits per heavy atom. The maximum atomic E-state index is 13.7. The molecule has 1 N–H and O–H groups in total. The summed E-state index contributed by atoms with van der Waals surface area (Å²) in [6.07, 6.45) is 6.52. The van der Waals surface area contributed by atoms with E-state index in [1.807, 2.05) is 0 Å². The fourth-order valence-corrected chi connectivity index (χ4v) is 5.15. The monoisotopic (exact) mass is 460 g/mol. The van der Waals surface area contributed by atoms with Gasteiger partial charge in [0, 0.05) is 22.3 Å². The molecule has 0 unspecified atom stereocenters. The Morgan fingerprint density at radius 3 is 2.31 bits per heavy atom. The predicted octanol–water partition coefficient (Wildman–Crippen LogP) is 5.15. The lowest BCUT2D eigenvalue weighted by atomic mass is 9.82. The highest BCUT2D eigenvalue weighted by atomic mass is 32.1. The Kier molecular flexibility index (Phi) is 10.2. The number of aryl methyl sites for hydroxylation is 1. The third-order valence-electron chi connectivity index (χ3n) is 6.08. The maximum absolute atomic E-state index is 13.7.